The van der Waals surface area contributed by atoms with Crippen LogP contribution in [0, 0.1) is 18.3 Å². The SMILES string of the molecule is CCCc1nc2c(C)cc(-c3ccc(Cl)cc3)cc2n1Cc1ccc2c(c1)CCc1ccccc1/C2=C\C#N. The maximum atomic E-state index is 9.57. The van der Waals surface area contributed by atoms with Crippen molar-refractivity contribution in [3.05, 3.63) is 129 Å². The smallest absolute Gasteiger partial charge is 0.110 e. The first-order chi connectivity index (χ1) is 19.1. The maximum Gasteiger partial charge on any atom is 0.110 e. The number of aryl methyl sites for hydroxylation is 4. The van der Waals surface area contributed by atoms with Gasteiger partial charge in [-0.2, -0.15) is 5.26 Å². The van der Waals surface area contributed by atoms with Crippen molar-refractivity contribution in [3.63, 3.8) is 0 Å². The molecular formula is C35H30ClN3. The van der Waals surface area contributed by atoms with Gasteiger partial charge in [0.05, 0.1) is 17.1 Å². The summed E-state index contributed by atoms with van der Waals surface area (Å²) in [7, 11) is 0. The minimum absolute atomic E-state index is 0.742. The topological polar surface area (TPSA) is 41.6 Å². The van der Waals surface area contributed by atoms with Gasteiger partial charge in [0.25, 0.3) is 0 Å². The van der Waals surface area contributed by atoms with E-state index in [4.69, 9.17) is 16.6 Å². The molecule has 0 aliphatic heterocycles. The fourth-order valence-corrected chi connectivity index (χ4v) is 6.00. The molecule has 0 atom stereocenters. The van der Waals surface area contributed by atoms with Crippen molar-refractivity contribution < 1.29 is 0 Å². The van der Waals surface area contributed by atoms with E-state index in [0.717, 1.165) is 70.8 Å². The second kappa shape index (κ2) is 10.6. The van der Waals surface area contributed by atoms with Crippen molar-refractivity contribution in [2.75, 3.05) is 0 Å². The summed E-state index contributed by atoms with van der Waals surface area (Å²) in [6, 6.07) is 30.0. The number of hydrogen-bond acceptors (Lipinski definition) is 2. The highest BCUT2D eigenvalue weighted by Crippen LogP contribution is 2.35. The summed E-state index contributed by atoms with van der Waals surface area (Å²) >= 11 is 6.16. The Balaban J connectivity index is 1.44. The summed E-state index contributed by atoms with van der Waals surface area (Å²) in [6.45, 7) is 5.11. The monoisotopic (exact) mass is 527 g/mol. The van der Waals surface area contributed by atoms with Crippen LogP contribution in [0.25, 0.3) is 27.7 Å². The Hall–Kier alpha value is -4.13. The summed E-state index contributed by atoms with van der Waals surface area (Å²) < 4.78 is 2.39. The molecule has 4 aromatic carbocycles. The zero-order valence-electron chi connectivity index (χ0n) is 22.3. The first kappa shape index (κ1) is 25.2. The van der Waals surface area contributed by atoms with Crippen molar-refractivity contribution >= 4 is 28.2 Å². The minimum atomic E-state index is 0.742. The Kier molecular flexibility index (Phi) is 6.81. The molecule has 1 aliphatic rings. The molecule has 0 amide bonds. The van der Waals surface area contributed by atoms with Crippen molar-refractivity contribution in [1.29, 1.82) is 5.26 Å². The third kappa shape index (κ3) is 4.78. The van der Waals surface area contributed by atoms with E-state index in [2.05, 4.69) is 91.2 Å². The number of fused-ring (bicyclic) bond motifs is 3. The lowest BCUT2D eigenvalue weighted by Gasteiger charge is -2.14. The fourth-order valence-electron chi connectivity index (χ4n) is 5.87. The molecule has 5 aromatic rings. The van der Waals surface area contributed by atoms with Gasteiger partial charge >= 0.3 is 0 Å². The molecule has 3 nitrogen and oxygen atoms in total. The second-order valence-corrected chi connectivity index (χ2v) is 10.8. The second-order valence-electron chi connectivity index (χ2n) is 10.4. The highest BCUT2D eigenvalue weighted by molar-refractivity contribution is 6.30. The molecule has 1 aromatic heterocycles. The van der Waals surface area contributed by atoms with E-state index in [0.29, 0.717) is 0 Å². The quantitative estimate of drug-likeness (QED) is 0.214. The number of aromatic nitrogens is 2. The molecule has 192 valence electrons. The maximum absolute atomic E-state index is 9.57. The van der Waals surface area contributed by atoms with Crippen LogP contribution in [0.2, 0.25) is 5.02 Å². The van der Waals surface area contributed by atoms with Gasteiger partial charge in [-0.1, -0.05) is 73.1 Å². The molecule has 0 saturated heterocycles. The predicted molar refractivity (Wildman–Crippen MR) is 161 cm³/mol. The van der Waals surface area contributed by atoms with Crippen LogP contribution >= 0.6 is 11.6 Å². The van der Waals surface area contributed by atoms with Gasteiger partial charge in [0, 0.05) is 24.1 Å². The number of benzene rings is 4. The first-order valence-electron chi connectivity index (χ1n) is 13.6. The third-order valence-electron chi connectivity index (χ3n) is 7.76. The molecule has 0 radical (unpaired) electrons. The molecule has 0 spiro atoms. The van der Waals surface area contributed by atoms with E-state index >= 15 is 0 Å². The Labute approximate surface area is 235 Å². The number of hydrogen-bond donors (Lipinski definition) is 0. The Bertz CT molecular complexity index is 1770. The van der Waals surface area contributed by atoms with Gasteiger partial charge in [-0.25, -0.2) is 4.98 Å². The van der Waals surface area contributed by atoms with Crippen LogP contribution in [-0.2, 0) is 25.8 Å². The van der Waals surface area contributed by atoms with Crippen LogP contribution in [0.15, 0.2) is 84.9 Å². The van der Waals surface area contributed by atoms with Gasteiger partial charge in [-0.05, 0) is 101 Å². The molecule has 0 unspecified atom stereocenters. The summed E-state index contributed by atoms with van der Waals surface area (Å²) in [6.07, 6.45) is 5.59. The van der Waals surface area contributed by atoms with Gasteiger partial charge in [0.2, 0.25) is 0 Å². The number of nitrogens with zero attached hydrogens (tertiary/aromatic N) is 3. The van der Waals surface area contributed by atoms with Crippen molar-refractivity contribution in [2.45, 2.75) is 46.1 Å². The average molecular weight is 528 g/mol. The summed E-state index contributed by atoms with van der Waals surface area (Å²) in [5, 5.41) is 10.3. The van der Waals surface area contributed by atoms with Crippen molar-refractivity contribution in [1.82, 2.24) is 9.55 Å². The molecular weight excluding hydrogens is 498 g/mol. The number of allylic oxidation sites excluding steroid dienone is 1. The number of rotatable bonds is 5. The highest BCUT2D eigenvalue weighted by atomic mass is 35.5. The molecule has 0 saturated carbocycles. The van der Waals surface area contributed by atoms with Gasteiger partial charge in [-0.15, -0.1) is 0 Å². The highest BCUT2D eigenvalue weighted by Gasteiger charge is 2.19. The standard InChI is InChI=1S/C35H30ClN3/c1-3-6-34-38-35-23(2)19-28(25-12-14-29(36)15-13-25)21-33(35)39(34)22-24-9-16-31-27(20-24)11-10-26-7-4-5-8-30(26)32(31)17-18-37/h4-5,7-9,12-17,19-21H,3,6,10-11,22H2,1-2H3/b32-17+. The first-order valence-corrected chi connectivity index (χ1v) is 14.0. The normalized spacial score (nSPS) is 13.6. The molecule has 4 heteroatoms. The Morgan fingerprint density at radius 1 is 0.923 bits per heavy atom. The van der Waals surface area contributed by atoms with Gasteiger partial charge in [0.15, 0.2) is 0 Å². The molecule has 0 fully saturated rings. The fraction of sp³-hybridized carbons (Fsp3) is 0.200. The number of imidazole rings is 1. The van der Waals surface area contributed by atoms with Crippen LogP contribution in [-0.4, -0.2) is 9.55 Å². The molecule has 39 heavy (non-hydrogen) atoms. The summed E-state index contributed by atoms with van der Waals surface area (Å²) in [5.74, 6) is 1.12. The van der Waals surface area contributed by atoms with E-state index in [-0.39, 0.29) is 0 Å². The van der Waals surface area contributed by atoms with Crippen LogP contribution < -0.4 is 0 Å². The lowest BCUT2D eigenvalue weighted by atomic mass is 9.93. The molecule has 0 bridgehead atoms. The van der Waals surface area contributed by atoms with Crippen molar-refractivity contribution in [3.8, 4) is 17.2 Å². The molecule has 0 N–H and O–H groups in total. The van der Waals surface area contributed by atoms with E-state index in [9.17, 15) is 5.26 Å². The van der Waals surface area contributed by atoms with Crippen LogP contribution in [0.3, 0.4) is 0 Å². The van der Waals surface area contributed by atoms with E-state index in [1.807, 2.05) is 12.1 Å². The van der Waals surface area contributed by atoms with Gasteiger partial charge in [0.1, 0.15) is 5.82 Å². The van der Waals surface area contributed by atoms with E-state index in [1.165, 1.54) is 33.4 Å². The van der Waals surface area contributed by atoms with Crippen LogP contribution in [0.4, 0.5) is 0 Å². The predicted octanol–water partition coefficient (Wildman–Crippen LogP) is 8.72. The number of nitriles is 1. The van der Waals surface area contributed by atoms with Gasteiger partial charge in [-0.3, -0.25) is 0 Å². The van der Waals surface area contributed by atoms with Crippen LogP contribution in [0.5, 0.6) is 0 Å². The van der Waals surface area contributed by atoms with Crippen LogP contribution in [0.1, 0.15) is 52.5 Å². The van der Waals surface area contributed by atoms with Gasteiger partial charge < -0.3 is 4.57 Å². The Morgan fingerprint density at radius 2 is 1.69 bits per heavy atom. The number of halogens is 1. The Morgan fingerprint density at radius 3 is 2.49 bits per heavy atom. The average Bonchev–Trinajstić information content (AvgIpc) is 3.20. The molecule has 1 aliphatic carbocycles. The lowest BCUT2D eigenvalue weighted by Crippen LogP contribution is -2.06. The van der Waals surface area contributed by atoms with E-state index < -0.39 is 0 Å². The van der Waals surface area contributed by atoms with Crippen molar-refractivity contribution in [2.24, 2.45) is 0 Å². The largest absolute Gasteiger partial charge is 0.323 e. The lowest BCUT2D eigenvalue weighted by molar-refractivity contribution is 0.721. The zero-order valence-corrected chi connectivity index (χ0v) is 23.1. The minimum Gasteiger partial charge on any atom is -0.323 e. The summed E-state index contributed by atoms with van der Waals surface area (Å²) in [5.41, 5.74) is 12.9. The third-order valence-corrected chi connectivity index (χ3v) is 8.01. The zero-order chi connectivity index (χ0) is 26.9. The summed E-state index contributed by atoms with van der Waals surface area (Å²) in [4.78, 5) is 5.11. The van der Waals surface area contributed by atoms with E-state index in [1.54, 1.807) is 6.08 Å². The molecule has 1 heterocycles. The molecule has 6 rings (SSSR count).